The Labute approximate surface area is 592 Å². The zero-order chi connectivity index (χ0) is 79.1. The molecular weight excluding hydrogens is 1460 g/mol. The molecule has 562 valence electrons. The lowest BCUT2D eigenvalue weighted by Crippen LogP contribution is -2.13. The van der Waals surface area contributed by atoms with Gasteiger partial charge >= 0.3 is 30.9 Å². The number of imidazole rings is 5. The van der Waals surface area contributed by atoms with Crippen molar-refractivity contribution in [1.29, 1.82) is 0 Å². The first-order chi connectivity index (χ1) is 50.0. The Kier molecular flexibility index (Phi) is 26.1. The molecule has 12 rings (SSSR count). The van der Waals surface area contributed by atoms with E-state index in [0.717, 1.165) is 60.9 Å². The van der Waals surface area contributed by atoms with E-state index in [1.165, 1.54) is 126 Å². The van der Waals surface area contributed by atoms with Crippen molar-refractivity contribution in [2.45, 2.75) is 72.0 Å². The van der Waals surface area contributed by atoms with Crippen molar-refractivity contribution in [3.63, 3.8) is 0 Å². The van der Waals surface area contributed by atoms with E-state index in [9.17, 15) is 104 Å². The van der Waals surface area contributed by atoms with Crippen LogP contribution in [0.25, 0.3) is 22.7 Å². The van der Waals surface area contributed by atoms with Crippen molar-refractivity contribution in [3.05, 3.63) is 307 Å². The number of nitrogens with one attached hydrogen (secondary N) is 3. The molecule has 20 nitrogen and oxygen atoms in total. The molecule has 5 aromatic heterocycles. The van der Waals surface area contributed by atoms with Crippen LogP contribution in [0.15, 0.2) is 201 Å². The fourth-order valence-corrected chi connectivity index (χ4v) is 9.11. The molecule has 107 heavy (non-hydrogen) atoms. The van der Waals surface area contributed by atoms with Gasteiger partial charge in [-0.05, 0) is 150 Å². The van der Waals surface area contributed by atoms with Gasteiger partial charge in [0.15, 0.2) is 22.8 Å². The molecule has 0 aliphatic heterocycles. The Hall–Kier alpha value is -12.8. The number of aromatic nitrogens is 10. The van der Waals surface area contributed by atoms with Gasteiger partial charge in [0, 0.05) is 101 Å². The molecule has 38 heteroatoms. The van der Waals surface area contributed by atoms with Gasteiger partial charge in [0.05, 0.1) is 21.6 Å². The molecule has 5 N–H and O–H groups in total. The highest BCUT2D eigenvalue weighted by molar-refractivity contribution is 6.04. The second-order valence-corrected chi connectivity index (χ2v) is 22.1. The average molecular weight is 1520 g/mol. The number of aromatic amines is 1. The summed E-state index contributed by atoms with van der Waals surface area (Å²) in [4.78, 5) is 50.8. The van der Waals surface area contributed by atoms with Crippen molar-refractivity contribution < 1.29 is 93.7 Å². The van der Waals surface area contributed by atoms with E-state index in [-0.39, 0.29) is 51.9 Å². The molecule has 0 aliphatic rings. The smallest absolute Gasteiger partial charge is 0.399 e. The fraction of sp³-hybridized carbons (Fsp3) is 0.159. The van der Waals surface area contributed by atoms with Crippen LogP contribution in [0, 0.1) is 72.3 Å². The number of rotatable bonds is 11. The first-order valence-electron chi connectivity index (χ1n) is 30.3. The van der Waals surface area contributed by atoms with Gasteiger partial charge in [0.2, 0.25) is 0 Å². The second-order valence-electron chi connectivity index (χ2n) is 22.1. The van der Waals surface area contributed by atoms with E-state index in [0.29, 0.717) is 46.2 Å². The zero-order valence-electron chi connectivity index (χ0n) is 55.6. The Bertz CT molecular complexity index is 4970. The van der Waals surface area contributed by atoms with E-state index >= 15 is 0 Å². The van der Waals surface area contributed by atoms with Gasteiger partial charge in [-0.15, -0.1) is 0 Å². The largest absolute Gasteiger partial charge is 0.434 e. The summed E-state index contributed by atoms with van der Waals surface area (Å²) in [6, 6.07) is 41.0. The topological polar surface area (TPSA) is 253 Å². The third-order valence-corrected chi connectivity index (χ3v) is 14.4. The predicted octanol–water partition coefficient (Wildman–Crippen LogP) is 18.9. The van der Waals surface area contributed by atoms with Crippen LogP contribution < -0.4 is 16.4 Å². The number of hydrogen-bond donors (Lipinski definition) is 4. The molecule has 0 saturated carbocycles. The van der Waals surface area contributed by atoms with Gasteiger partial charge < -0.3 is 39.6 Å². The minimum atomic E-state index is -4.52. The molecule has 5 heterocycles. The maximum atomic E-state index is 13.6. The maximum Gasteiger partial charge on any atom is 0.434 e. The number of carbonyl (C=O) groups is 1. The lowest BCUT2D eigenvalue weighted by Gasteiger charge is -2.09. The number of hydrogen-bond acceptors (Lipinski definition) is 12. The Morgan fingerprint density at radius 1 is 0.449 bits per heavy atom. The first kappa shape index (κ1) is 81.5. The molecule has 0 atom stereocenters. The molecule has 7 aromatic carbocycles. The van der Waals surface area contributed by atoms with Crippen molar-refractivity contribution in [1.82, 2.24) is 48.2 Å². The number of nitrogens with zero attached hydrogens (tertiary/aromatic N) is 11. The van der Waals surface area contributed by atoms with Gasteiger partial charge in [-0.1, -0.05) is 30.3 Å². The van der Waals surface area contributed by atoms with E-state index in [1.807, 2.05) is 0 Å². The van der Waals surface area contributed by atoms with E-state index < -0.39 is 86.7 Å². The summed E-state index contributed by atoms with van der Waals surface area (Å²) < 4.78 is 231. The van der Waals surface area contributed by atoms with Crippen LogP contribution in [0.5, 0.6) is 0 Å². The van der Waals surface area contributed by atoms with Crippen LogP contribution in [0.3, 0.4) is 0 Å². The number of benzene rings is 7. The Morgan fingerprint density at radius 3 is 1.10 bits per heavy atom. The number of nitrogens with two attached hydrogens (primary N) is 1. The zero-order valence-corrected chi connectivity index (χ0v) is 55.6. The summed E-state index contributed by atoms with van der Waals surface area (Å²) in [7, 11) is 0. The van der Waals surface area contributed by atoms with E-state index in [1.54, 1.807) is 72.8 Å². The lowest BCUT2D eigenvalue weighted by atomic mass is 10.2. The number of halogens is 18. The highest BCUT2D eigenvalue weighted by atomic mass is 19.4. The van der Waals surface area contributed by atoms with Gasteiger partial charge in [0.1, 0.15) is 52.3 Å². The standard InChI is InChI=1S/C18H13F4N3O.C18H15F4N3.C11H8F3N3O2.C11H10F3N3.C6H4FNO2.C5H5F3N2/c1-11-23-16(18(20,21)22)10-25(11)13-8-6-12(7-9-13)24-17(26)14-4-2-3-5-15(14)19;1-12-24-17(18(20,21)22)11-25(12)15-8-6-14(7-9-15)23-10-13-4-2-3-5-16(13)19;1-7-15-10(11(12,13)14)6-16(7)8-2-4-9(5-3-8)17(18)19;1-7-16-10(11(12,13)14)6-17(7)9-4-2-8(15)3-5-9;7-5-1-3-6(4-2-5)8(9)10;1-3-9-2-4(10-3)5(6,7)8/h2-10H,1H3,(H,24,26);2-9,11,23H,10H2,1H3;2-6H,1H3;2-6H,15H2,1H3;1-4H;2H,1H3,(H,9,10). The van der Waals surface area contributed by atoms with Gasteiger partial charge in [-0.25, -0.2) is 38.1 Å². The summed E-state index contributed by atoms with van der Waals surface area (Å²) in [5.41, 5.74) is 4.80. The van der Waals surface area contributed by atoms with Gasteiger partial charge in [-0.3, -0.25) is 25.0 Å². The van der Waals surface area contributed by atoms with Crippen LogP contribution in [0.1, 0.15) is 73.5 Å². The molecule has 0 aliphatic carbocycles. The fourth-order valence-electron chi connectivity index (χ4n) is 9.11. The van der Waals surface area contributed by atoms with Crippen molar-refractivity contribution in [2.75, 3.05) is 16.4 Å². The highest BCUT2D eigenvalue weighted by Gasteiger charge is 2.38. The van der Waals surface area contributed by atoms with Crippen molar-refractivity contribution >= 4 is 34.3 Å². The number of nitro groups is 2. The SMILES string of the molecule is Cc1nc(C(F)(F)F)cn1-c1ccc(N)cc1.Cc1nc(C(F)(F)F)cn1-c1ccc(NC(=O)c2ccccc2F)cc1.Cc1nc(C(F)(F)F)cn1-c1ccc(NCc2ccccc2F)cc1.Cc1nc(C(F)(F)F)cn1-c1ccc([N+](=O)[O-])cc1.Cc1ncc(C(F)(F)F)[nH]1.O=[N+]([O-])c1ccc(F)cc1. The molecule has 0 radical (unpaired) electrons. The van der Waals surface area contributed by atoms with Crippen LogP contribution in [0.4, 0.5) is 107 Å². The number of carbonyl (C=O) groups excluding carboxylic acids is 1. The molecule has 12 aromatic rings. The van der Waals surface area contributed by atoms with Gasteiger partial charge in [0.25, 0.3) is 17.3 Å². The monoisotopic (exact) mass is 1520 g/mol. The predicted molar refractivity (Wildman–Crippen MR) is 354 cm³/mol. The van der Waals surface area contributed by atoms with Crippen molar-refractivity contribution in [2.24, 2.45) is 0 Å². The first-order valence-corrected chi connectivity index (χ1v) is 30.3. The average Bonchev–Trinajstić information content (AvgIpc) is 1.68. The summed E-state index contributed by atoms with van der Waals surface area (Å²) >= 11 is 0. The Balaban J connectivity index is 0.000000185. The highest BCUT2D eigenvalue weighted by Crippen LogP contribution is 2.34. The normalized spacial score (nSPS) is 11.4. The van der Waals surface area contributed by atoms with E-state index in [4.69, 9.17) is 5.73 Å². The van der Waals surface area contributed by atoms with Crippen LogP contribution in [0.2, 0.25) is 0 Å². The maximum absolute atomic E-state index is 13.6. The summed E-state index contributed by atoms with van der Waals surface area (Å²) in [5, 5.41) is 26.1. The molecule has 1 amide bonds. The van der Waals surface area contributed by atoms with E-state index in [2.05, 4.69) is 40.5 Å². The number of nitrogen functional groups attached to an aromatic ring is 1. The summed E-state index contributed by atoms with van der Waals surface area (Å²) in [6.07, 6.45) is -17.8. The molecule has 0 fully saturated rings. The molecular formula is C69H55F18N15O5. The third kappa shape index (κ3) is 23.1. The quantitative estimate of drug-likeness (QED) is 0.0408. The molecule has 0 unspecified atom stereocenters. The van der Waals surface area contributed by atoms with Gasteiger partial charge in [-0.2, -0.15) is 65.9 Å². The number of non-ortho nitro benzene ring substituents is 2. The number of amides is 1. The summed E-state index contributed by atoms with van der Waals surface area (Å²) in [5.74, 6) is -0.884. The lowest BCUT2D eigenvalue weighted by molar-refractivity contribution is -0.385. The Morgan fingerprint density at radius 2 is 0.785 bits per heavy atom. The number of nitro benzene ring substituents is 2. The summed E-state index contributed by atoms with van der Waals surface area (Å²) in [6.45, 7) is 7.70. The number of aryl methyl sites for hydroxylation is 5. The molecule has 0 saturated heterocycles. The second kappa shape index (κ2) is 34.2. The van der Waals surface area contributed by atoms with Crippen LogP contribution in [-0.2, 0) is 37.4 Å². The number of H-pyrrole nitrogens is 1. The minimum Gasteiger partial charge on any atom is -0.399 e. The van der Waals surface area contributed by atoms with Crippen LogP contribution >= 0.6 is 0 Å². The number of alkyl halides is 15. The molecule has 0 bridgehead atoms. The third-order valence-electron chi connectivity index (χ3n) is 14.4. The van der Waals surface area contributed by atoms with Crippen molar-refractivity contribution in [3.8, 4) is 22.7 Å². The van der Waals surface area contributed by atoms with Crippen LogP contribution in [-0.4, -0.2) is 63.9 Å². The molecule has 0 spiro atoms. The number of anilines is 3. The minimum absolute atomic E-state index is 0.0959.